The predicted molar refractivity (Wildman–Crippen MR) is 77.5 cm³/mol. The van der Waals surface area contributed by atoms with Gasteiger partial charge in [0, 0.05) is 7.11 Å². The summed E-state index contributed by atoms with van der Waals surface area (Å²) >= 11 is 0. The molecule has 0 amide bonds. The first kappa shape index (κ1) is 14.3. The molecular weight excluding hydrogens is 252 g/mol. The Kier molecular flexibility index (Phi) is 4.91. The zero-order chi connectivity index (χ0) is 14.4. The molecule has 0 aliphatic carbocycles. The summed E-state index contributed by atoms with van der Waals surface area (Å²) in [6, 6.07) is 15.2. The fraction of sp³-hybridized carbons (Fsp3) is 0.235. The molecule has 2 aromatic rings. The number of ether oxygens (including phenoxy) is 2. The summed E-state index contributed by atoms with van der Waals surface area (Å²) in [5.41, 5.74) is 3.67. The van der Waals surface area contributed by atoms with Gasteiger partial charge in [-0.1, -0.05) is 42.0 Å². The minimum Gasteiger partial charge on any atom is -0.457 e. The number of rotatable bonds is 5. The van der Waals surface area contributed by atoms with Crippen molar-refractivity contribution in [2.75, 3.05) is 7.11 Å². The molecule has 0 aromatic heterocycles. The van der Waals surface area contributed by atoms with Gasteiger partial charge in [0.25, 0.3) is 0 Å². The second-order valence-electron chi connectivity index (χ2n) is 4.70. The maximum Gasteiger partial charge on any atom is 0.338 e. The first-order chi connectivity index (χ1) is 9.69. The normalized spacial score (nSPS) is 10.3. The van der Waals surface area contributed by atoms with Crippen LogP contribution in [0.4, 0.5) is 0 Å². The van der Waals surface area contributed by atoms with Crippen molar-refractivity contribution >= 4 is 5.97 Å². The van der Waals surface area contributed by atoms with Crippen molar-refractivity contribution in [3.8, 4) is 0 Å². The van der Waals surface area contributed by atoms with E-state index in [0.717, 1.165) is 11.1 Å². The van der Waals surface area contributed by atoms with E-state index in [2.05, 4.69) is 0 Å². The first-order valence-electron chi connectivity index (χ1n) is 6.49. The van der Waals surface area contributed by atoms with Crippen molar-refractivity contribution in [1.29, 1.82) is 0 Å². The lowest BCUT2D eigenvalue weighted by molar-refractivity contribution is 0.0472. The van der Waals surface area contributed by atoms with Crippen LogP contribution >= 0.6 is 0 Å². The highest BCUT2D eigenvalue weighted by Crippen LogP contribution is 2.10. The van der Waals surface area contributed by atoms with E-state index in [1.54, 1.807) is 19.2 Å². The molecule has 3 heteroatoms. The lowest BCUT2D eigenvalue weighted by Gasteiger charge is -2.07. The van der Waals surface area contributed by atoms with Gasteiger partial charge in [-0.2, -0.15) is 0 Å². The van der Waals surface area contributed by atoms with Gasteiger partial charge in [-0.15, -0.1) is 0 Å². The van der Waals surface area contributed by atoms with E-state index < -0.39 is 0 Å². The van der Waals surface area contributed by atoms with Crippen LogP contribution in [-0.2, 0) is 22.7 Å². The second kappa shape index (κ2) is 6.87. The smallest absolute Gasteiger partial charge is 0.338 e. The summed E-state index contributed by atoms with van der Waals surface area (Å²) in [5, 5.41) is 0. The maximum absolute atomic E-state index is 12.0. The predicted octanol–water partition coefficient (Wildman–Crippen LogP) is 3.50. The number of hydrogen-bond donors (Lipinski definition) is 0. The van der Waals surface area contributed by atoms with Crippen LogP contribution in [-0.4, -0.2) is 13.1 Å². The largest absolute Gasteiger partial charge is 0.457 e. The minimum absolute atomic E-state index is 0.285. The van der Waals surface area contributed by atoms with Gasteiger partial charge < -0.3 is 9.47 Å². The highest BCUT2D eigenvalue weighted by Gasteiger charge is 2.08. The molecule has 104 valence electrons. The van der Waals surface area contributed by atoms with Gasteiger partial charge in [0.1, 0.15) is 6.61 Å². The van der Waals surface area contributed by atoms with Gasteiger partial charge in [0.15, 0.2) is 0 Å². The Bertz CT molecular complexity index is 573. The lowest BCUT2D eigenvalue weighted by atomic mass is 10.1. The number of methoxy groups -OCH3 is 1. The summed E-state index contributed by atoms with van der Waals surface area (Å²) in [7, 11) is 1.63. The van der Waals surface area contributed by atoms with Gasteiger partial charge in [-0.25, -0.2) is 4.79 Å². The van der Waals surface area contributed by atoms with E-state index in [9.17, 15) is 4.79 Å². The topological polar surface area (TPSA) is 35.5 Å². The van der Waals surface area contributed by atoms with Crippen molar-refractivity contribution in [2.24, 2.45) is 0 Å². The molecule has 3 nitrogen and oxygen atoms in total. The van der Waals surface area contributed by atoms with E-state index in [4.69, 9.17) is 9.47 Å². The van der Waals surface area contributed by atoms with Crippen LogP contribution in [0, 0.1) is 6.92 Å². The van der Waals surface area contributed by atoms with Crippen LogP contribution in [0.1, 0.15) is 27.0 Å². The Hall–Kier alpha value is -2.13. The Balaban J connectivity index is 1.97. The van der Waals surface area contributed by atoms with E-state index >= 15 is 0 Å². The number of benzene rings is 2. The number of esters is 1. The molecule has 0 spiro atoms. The summed E-state index contributed by atoms with van der Waals surface area (Å²) in [6.07, 6.45) is 0. The Morgan fingerprint density at radius 1 is 1.00 bits per heavy atom. The minimum atomic E-state index is -0.316. The van der Waals surface area contributed by atoms with Crippen LogP contribution in [0.25, 0.3) is 0 Å². The molecule has 2 rings (SSSR count). The second-order valence-corrected chi connectivity index (χ2v) is 4.70. The van der Waals surface area contributed by atoms with Crippen molar-refractivity contribution in [1.82, 2.24) is 0 Å². The zero-order valence-electron chi connectivity index (χ0n) is 11.8. The SMILES string of the molecule is COCc1cccc(C(=O)OCc2ccc(C)cc2)c1. The molecule has 0 radical (unpaired) electrons. The van der Waals surface area contributed by atoms with Gasteiger partial charge in [-0.05, 0) is 30.2 Å². The van der Waals surface area contributed by atoms with E-state index in [-0.39, 0.29) is 12.6 Å². The van der Waals surface area contributed by atoms with Crippen LogP contribution in [0.3, 0.4) is 0 Å². The fourth-order valence-electron chi connectivity index (χ4n) is 1.87. The summed E-state index contributed by atoms with van der Waals surface area (Å²) < 4.78 is 10.4. The highest BCUT2D eigenvalue weighted by atomic mass is 16.5. The molecule has 2 aromatic carbocycles. The van der Waals surface area contributed by atoms with Crippen LogP contribution in [0.5, 0.6) is 0 Å². The maximum atomic E-state index is 12.0. The Morgan fingerprint density at radius 3 is 2.45 bits per heavy atom. The third-order valence-electron chi connectivity index (χ3n) is 2.96. The molecule has 0 heterocycles. The Labute approximate surface area is 119 Å². The van der Waals surface area contributed by atoms with Crippen molar-refractivity contribution in [3.05, 3.63) is 70.8 Å². The quantitative estimate of drug-likeness (QED) is 0.780. The monoisotopic (exact) mass is 270 g/mol. The average Bonchev–Trinajstić information content (AvgIpc) is 2.47. The third kappa shape index (κ3) is 3.93. The molecule has 0 aliphatic rings. The molecule has 0 unspecified atom stereocenters. The van der Waals surface area contributed by atoms with E-state index in [0.29, 0.717) is 12.2 Å². The number of carbonyl (C=O) groups excluding carboxylic acids is 1. The molecule has 0 N–H and O–H groups in total. The van der Waals surface area contributed by atoms with Gasteiger partial charge in [-0.3, -0.25) is 0 Å². The summed E-state index contributed by atoms with van der Waals surface area (Å²) in [6.45, 7) is 2.80. The molecule has 0 bridgehead atoms. The van der Waals surface area contributed by atoms with Crippen LogP contribution in [0.15, 0.2) is 48.5 Å². The van der Waals surface area contributed by atoms with E-state index in [1.807, 2.05) is 43.3 Å². The number of carbonyl (C=O) groups is 1. The molecule has 0 fully saturated rings. The molecule has 0 atom stereocenters. The third-order valence-corrected chi connectivity index (χ3v) is 2.96. The first-order valence-corrected chi connectivity index (χ1v) is 6.49. The molecule has 0 saturated carbocycles. The van der Waals surface area contributed by atoms with Gasteiger partial charge in [0.05, 0.1) is 12.2 Å². The summed E-state index contributed by atoms with van der Waals surface area (Å²) in [4.78, 5) is 12.0. The molecule has 20 heavy (non-hydrogen) atoms. The van der Waals surface area contributed by atoms with Gasteiger partial charge in [0.2, 0.25) is 0 Å². The lowest BCUT2D eigenvalue weighted by Crippen LogP contribution is -2.06. The number of aryl methyl sites for hydroxylation is 1. The highest BCUT2D eigenvalue weighted by molar-refractivity contribution is 5.89. The van der Waals surface area contributed by atoms with Crippen LogP contribution < -0.4 is 0 Å². The Morgan fingerprint density at radius 2 is 1.75 bits per heavy atom. The molecule has 0 saturated heterocycles. The molecule has 0 aliphatic heterocycles. The zero-order valence-corrected chi connectivity index (χ0v) is 11.8. The number of hydrogen-bond acceptors (Lipinski definition) is 3. The standard InChI is InChI=1S/C17H18O3/c1-13-6-8-14(9-7-13)12-20-17(18)16-5-3-4-15(10-16)11-19-2/h3-10H,11-12H2,1-2H3. The van der Waals surface area contributed by atoms with Gasteiger partial charge >= 0.3 is 5.97 Å². The van der Waals surface area contributed by atoms with Crippen LogP contribution in [0.2, 0.25) is 0 Å². The van der Waals surface area contributed by atoms with E-state index in [1.165, 1.54) is 5.56 Å². The summed E-state index contributed by atoms with van der Waals surface area (Å²) in [5.74, 6) is -0.316. The van der Waals surface area contributed by atoms with Crippen molar-refractivity contribution in [2.45, 2.75) is 20.1 Å². The molecular formula is C17H18O3. The van der Waals surface area contributed by atoms with Crippen molar-refractivity contribution in [3.63, 3.8) is 0 Å². The average molecular weight is 270 g/mol. The fourth-order valence-corrected chi connectivity index (χ4v) is 1.87. The van der Waals surface area contributed by atoms with Crippen molar-refractivity contribution < 1.29 is 14.3 Å².